The second-order valence-corrected chi connectivity index (χ2v) is 5.97. The average Bonchev–Trinajstić information content (AvgIpc) is 2.38. The molecule has 0 amide bonds. The quantitative estimate of drug-likeness (QED) is 0.733. The number of hydrogen-bond donors (Lipinski definition) is 1. The number of benzene rings is 1. The standard InChI is InChI=1S/C17H28FN/c1-5-14(4)10-15(12-19-13(2)3)11-16-8-6-7-9-17(16)18/h6-9,13-15,19H,5,10-12H2,1-4H3. The molecule has 1 N–H and O–H groups in total. The van der Waals surface area contributed by atoms with E-state index in [2.05, 4.69) is 33.0 Å². The van der Waals surface area contributed by atoms with Crippen molar-refractivity contribution in [2.24, 2.45) is 11.8 Å². The highest BCUT2D eigenvalue weighted by molar-refractivity contribution is 5.17. The lowest BCUT2D eigenvalue weighted by atomic mass is 9.88. The Morgan fingerprint density at radius 1 is 1.16 bits per heavy atom. The lowest BCUT2D eigenvalue weighted by Gasteiger charge is -2.22. The summed E-state index contributed by atoms with van der Waals surface area (Å²) in [4.78, 5) is 0. The van der Waals surface area contributed by atoms with Crippen molar-refractivity contribution in [1.29, 1.82) is 0 Å². The Hall–Kier alpha value is -0.890. The summed E-state index contributed by atoms with van der Waals surface area (Å²) in [5, 5.41) is 3.49. The predicted molar refractivity (Wildman–Crippen MR) is 80.8 cm³/mol. The van der Waals surface area contributed by atoms with Crippen LogP contribution in [0.15, 0.2) is 24.3 Å². The highest BCUT2D eigenvalue weighted by Gasteiger charge is 2.15. The zero-order valence-corrected chi connectivity index (χ0v) is 12.7. The highest BCUT2D eigenvalue weighted by Crippen LogP contribution is 2.20. The number of hydrogen-bond acceptors (Lipinski definition) is 1. The van der Waals surface area contributed by atoms with Crippen LogP contribution in [0.25, 0.3) is 0 Å². The van der Waals surface area contributed by atoms with Crippen LogP contribution in [0.3, 0.4) is 0 Å². The Labute approximate surface area is 117 Å². The molecule has 0 saturated heterocycles. The van der Waals surface area contributed by atoms with E-state index in [4.69, 9.17) is 0 Å². The van der Waals surface area contributed by atoms with E-state index in [1.165, 1.54) is 6.42 Å². The van der Waals surface area contributed by atoms with Crippen LogP contribution in [0, 0.1) is 17.7 Å². The van der Waals surface area contributed by atoms with Crippen LogP contribution >= 0.6 is 0 Å². The molecule has 0 aliphatic carbocycles. The average molecular weight is 265 g/mol. The topological polar surface area (TPSA) is 12.0 Å². The monoisotopic (exact) mass is 265 g/mol. The summed E-state index contributed by atoms with van der Waals surface area (Å²) in [6, 6.07) is 7.64. The van der Waals surface area contributed by atoms with E-state index < -0.39 is 0 Å². The van der Waals surface area contributed by atoms with Gasteiger partial charge in [0.15, 0.2) is 0 Å². The van der Waals surface area contributed by atoms with Gasteiger partial charge in [0.1, 0.15) is 5.82 Å². The zero-order valence-electron chi connectivity index (χ0n) is 12.7. The first-order chi connectivity index (χ1) is 9.02. The molecule has 1 rings (SSSR count). The van der Waals surface area contributed by atoms with Gasteiger partial charge >= 0.3 is 0 Å². The minimum atomic E-state index is -0.0683. The van der Waals surface area contributed by atoms with E-state index in [-0.39, 0.29) is 5.82 Å². The summed E-state index contributed by atoms with van der Waals surface area (Å²) >= 11 is 0. The molecule has 2 atom stereocenters. The molecule has 0 aliphatic heterocycles. The first kappa shape index (κ1) is 16.2. The Morgan fingerprint density at radius 3 is 2.42 bits per heavy atom. The molecule has 0 spiro atoms. The molecular formula is C17H28FN. The Kier molecular flexibility index (Phi) is 7.07. The lowest BCUT2D eigenvalue weighted by molar-refractivity contribution is 0.350. The number of rotatable bonds is 8. The van der Waals surface area contributed by atoms with Gasteiger partial charge in [0, 0.05) is 6.04 Å². The van der Waals surface area contributed by atoms with E-state index in [9.17, 15) is 4.39 Å². The van der Waals surface area contributed by atoms with E-state index in [1.54, 1.807) is 12.1 Å². The molecule has 0 aliphatic rings. The van der Waals surface area contributed by atoms with E-state index >= 15 is 0 Å². The van der Waals surface area contributed by atoms with E-state index in [0.717, 1.165) is 24.9 Å². The molecular weight excluding hydrogens is 237 g/mol. The molecule has 0 aromatic heterocycles. The third kappa shape index (κ3) is 6.20. The van der Waals surface area contributed by atoms with Gasteiger partial charge in [0.05, 0.1) is 0 Å². The van der Waals surface area contributed by atoms with Crippen molar-refractivity contribution in [3.05, 3.63) is 35.6 Å². The van der Waals surface area contributed by atoms with Crippen LogP contribution in [0.2, 0.25) is 0 Å². The fourth-order valence-corrected chi connectivity index (χ4v) is 2.35. The zero-order chi connectivity index (χ0) is 14.3. The second-order valence-electron chi connectivity index (χ2n) is 5.97. The fraction of sp³-hybridized carbons (Fsp3) is 0.647. The van der Waals surface area contributed by atoms with Crippen molar-refractivity contribution in [2.75, 3.05) is 6.54 Å². The van der Waals surface area contributed by atoms with Crippen LogP contribution in [0.1, 0.15) is 46.1 Å². The van der Waals surface area contributed by atoms with Crippen molar-refractivity contribution in [3.63, 3.8) is 0 Å². The summed E-state index contributed by atoms with van der Waals surface area (Å²) in [5.74, 6) is 1.14. The molecule has 1 aromatic carbocycles. The van der Waals surface area contributed by atoms with Gasteiger partial charge in [-0.25, -0.2) is 4.39 Å². The Morgan fingerprint density at radius 2 is 1.84 bits per heavy atom. The van der Waals surface area contributed by atoms with E-state index in [1.807, 2.05) is 12.1 Å². The number of halogens is 1. The maximum atomic E-state index is 13.7. The third-order valence-corrected chi connectivity index (χ3v) is 3.71. The van der Waals surface area contributed by atoms with Crippen LogP contribution in [-0.4, -0.2) is 12.6 Å². The van der Waals surface area contributed by atoms with Crippen LogP contribution in [0.4, 0.5) is 4.39 Å². The first-order valence-electron chi connectivity index (χ1n) is 7.49. The van der Waals surface area contributed by atoms with Gasteiger partial charge in [0.25, 0.3) is 0 Å². The predicted octanol–water partition coefficient (Wildman–Crippen LogP) is 4.42. The van der Waals surface area contributed by atoms with E-state index in [0.29, 0.717) is 17.9 Å². The van der Waals surface area contributed by atoms with Gasteiger partial charge in [-0.1, -0.05) is 52.3 Å². The van der Waals surface area contributed by atoms with Gasteiger partial charge in [-0.05, 0) is 42.9 Å². The smallest absolute Gasteiger partial charge is 0.126 e. The number of nitrogens with one attached hydrogen (secondary N) is 1. The SMILES string of the molecule is CCC(C)CC(CNC(C)C)Cc1ccccc1F. The molecule has 2 unspecified atom stereocenters. The Balaban J connectivity index is 2.64. The molecule has 1 nitrogen and oxygen atoms in total. The van der Waals surface area contributed by atoms with Crippen LogP contribution in [0.5, 0.6) is 0 Å². The summed E-state index contributed by atoms with van der Waals surface area (Å²) in [6.07, 6.45) is 3.18. The Bertz CT molecular complexity index is 362. The van der Waals surface area contributed by atoms with Crippen LogP contribution < -0.4 is 5.32 Å². The molecule has 2 heteroatoms. The van der Waals surface area contributed by atoms with Crippen molar-refractivity contribution in [2.45, 2.75) is 53.0 Å². The molecule has 1 aromatic rings. The maximum absolute atomic E-state index is 13.7. The van der Waals surface area contributed by atoms with Gasteiger partial charge in [-0.2, -0.15) is 0 Å². The summed E-state index contributed by atoms with van der Waals surface area (Å²) < 4.78 is 13.7. The summed E-state index contributed by atoms with van der Waals surface area (Å²) in [6.45, 7) is 9.79. The molecule has 0 saturated carbocycles. The normalized spacial score (nSPS) is 14.6. The van der Waals surface area contributed by atoms with Crippen molar-refractivity contribution in [3.8, 4) is 0 Å². The maximum Gasteiger partial charge on any atom is 0.126 e. The lowest BCUT2D eigenvalue weighted by Crippen LogP contribution is -2.31. The molecule has 0 radical (unpaired) electrons. The highest BCUT2D eigenvalue weighted by atomic mass is 19.1. The molecule has 0 fully saturated rings. The third-order valence-electron chi connectivity index (χ3n) is 3.71. The largest absolute Gasteiger partial charge is 0.314 e. The fourth-order valence-electron chi connectivity index (χ4n) is 2.35. The minimum Gasteiger partial charge on any atom is -0.314 e. The molecule has 0 heterocycles. The summed E-state index contributed by atoms with van der Waals surface area (Å²) in [7, 11) is 0. The van der Waals surface area contributed by atoms with Crippen molar-refractivity contribution >= 4 is 0 Å². The van der Waals surface area contributed by atoms with Gasteiger partial charge < -0.3 is 5.32 Å². The molecule has 108 valence electrons. The summed E-state index contributed by atoms with van der Waals surface area (Å²) in [5.41, 5.74) is 0.848. The first-order valence-corrected chi connectivity index (χ1v) is 7.49. The van der Waals surface area contributed by atoms with Crippen molar-refractivity contribution < 1.29 is 4.39 Å². The molecule has 0 bridgehead atoms. The van der Waals surface area contributed by atoms with Gasteiger partial charge in [-0.15, -0.1) is 0 Å². The van der Waals surface area contributed by atoms with Crippen LogP contribution in [-0.2, 0) is 6.42 Å². The van der Waals surface area contributed by atoms with Gasteiger partial charge in [0.2, 0.25) is 0 Å². The minimum absolute atomic E-state index is 0.0683. The van der Waals surface area contributed by atoms with Crippen molar-refractivity contribution in [1.82, 2.24) is 5.32 Å². The van der Waals surface area contributed by atoms with Gasteiger partial charge in [-0.3, -0.25) is 0 Å². The second kappa shape index (κ2) is 8.31. The molecule has 19 heavy (non-hydrogen) atoms.